The highest BCUT2D eigenvalue weighted by Gasteiger charge is 2.33. The van der Waals surface area contributed by atoms with E-state index in [2.05, 4.69) is 0 Å². The number of hydrogen-bond donors (Lipinski definition) is 1. The van der Waals surface area contributed by atoms with Crippen LogP contribution in [0.5, 0.6) is 0 Å². The highest BCUT2D eigenvalue weighted by Crippen LogP contribution is 2.26. The first-order chi connectivity index (χ1) is 10.1. The Morgan fingerprint density at radius 2 is 1.86 bits per heavy atom. The standard InChI is InChI=1S/C15H21N3O2S/c16-13-2-1-11(9-13)14(19)17-4-6-18(7-5-17)15(20)12-3-8-21-10-12/h3,8,10-11,13H,1-2,4-7,9,16H2. The van der Waals surface area contributed by atoms with Crippen molar-refractivity contribution in [2.24, 2.45) is 11.7 Å². The van der Waals surface area contributed by atoms with Gasteiger partial charge >= 0.3 is 0 Å². The zero-order chi connectivity index (χ0) is 14.8. The molecule has 2 amide bonds. The number of amides is 2. The summed E-state index contributed by atoms with van der Waals surface area (Å²) < 4.78 is 0. The molecule has 2 N–H and O–H groups in total. The van der Waals surface area contributed by atoms with Gasteiger partial charge in [0, 0.05) is 43.5 Å². The number of piperazine rings is 1. The van der Waals surface area contributed by atoms with Crippen molar-refractivity contribution in [2.45, 2.75) is 25.3 Å². The molecule has 0 radical (unpaired) electrons. The van der Waals surface area contributed by atoms with Crippen LogP contribution in [0.2, 0.25) is 0 Å². The van der Waals surface area contributed by atoms with Crippen LogP contribution in [-0.4, -0.2) is 53.8 Å². The fraction of sp³-hybridized carbons (Fsp3) is 0.600. The number of rotatable bonds is 2. The van der Waals surface area contributed by atoms with Crippen LogP contribution >= 0.6 is 11.3 Å². The predicted octanol–water partition coefficient (Wildman–Crippen LogP) is 1.16. The molecule has 0 aromatic carbocycles. The van der Waals surface area contributed by atoms with E-state index in [-0.39, 0.29) is 23.8 Å². The normalized spacial score (nSPS) is 26.1. The molecular formula is C15H21N3O2S. The molecule has 1 aliphatic carbocycles. The van der Waals surface area contributed by atoms with Gasteiger partial charge in [0.25, 0.3) is 5.91 Å². The smallest absolute Gasteiger partial charge is 0.254 e. The minimum Gasteiger partial charge on any atom is -0.339 e. The largest absolute Gasteiger partial charge is 0.339 e. The maximum absolute atomic E-state index is 12.4. The van der Waals surface area contributed by atoms with Crippen LogP contribution in [0.4, 0.5) is 0 Å². The predicted molar refractivity (Wildman–Crippen MR) is 82.1 cm³/mol. The Morgan fingerprint density at radius 3 is 2.43 bits per heavy atom. The van der Waals surface area contributed by atoms with E-state index >= 15 is 0 Å². The second-order valence-corrected chi connectivity index (χ2v) is 6.68. The van der Waals surface area contributed by atoms with Gasteiger partial charge in [0.2, 0.25) is 5.91 Å². The van der Waals surface area contributed by atoms with Crippen molar-refractivity contribution in [3.63, 3.8) is 0 Å². The fourth-order valence-corrected chi connectivity index (χ4v) is 3.83. The van der Waals surface area contributed by atoms with Gasteiger partial charge in [-0.25, -0.2) is 0 Å². The molecule has 1 saturated carbocycles. The van der Waals surface area contributed by atoms with Gasteiger partial charge in [-0.3, -0.25) is 9.59 Å². The van der Waals surface area contributed by atoms with Crippen molar-refractivity contribution in [1.29, 1.82) is 0 Å². The zero-order valence-electron chi connectivity index (χ0n) is 12.0. The van der Waals surface area contributed by atoms with E-state index in [0.29, 0.717) is 26.2 Å². The van der Waals surface area contributed by atoms with Gasteiger partial charge in [-0.1, -0.05) is 0 Å². The van der Waals surface area contributed by atoms with E-state index in [9.17, 15) is 9.59 Å². The molecule has 0 spiro atoms. The van der Waals surface area contributed by atoms with Gasteiger partial charge in [0.05, 0.1) is 5.56 Å². The molecule has 2 fully saturated rings. The van der Waals surface area contributed by atoms with Crippen LogP contribution in [-0.2, 0) is 4.79 Å². The maximum atomic E-state index is 12.4. The van der Waals surface area contributed by atoms with E-state index in [4.69, 9.17) is 5.73 Å². The first-order valence-corrected chi connectivity index (χ1v) is 8.45. The average molecular weight is 307 g/mol. The third-order valence-corrected chi connectivity index (χ3v) is 5.15. The van der Waals surface area contributed by atoms with Gasteiger partial charge in [0.15, 0.2) is 0 Å². The molecule has 2 atom stereocenters. The molecule has 5 nitrogen and oxygen atoms in total. The maximum Gasteiger partial charge on any atom is 0.254 e. The van der Waals surface area contributed by atoms with E-state index in [1.807, 2.05) is 26.6 Å². The molecule has 6 heteroatoms. The van der Waals surface area contributed by atoms with E-state index < -0.39 is 0 Å². The molecule has 1 aliphatic heterocycles. The molecule has 0 bridgehead atoms. The number of carbonyl (C=O) groups excluding carboxylic acids is 2. The van der Waals surface area contributed by atoms with Crippen LogP contribution in [0.3, 0.4) is 0 Å². The Bertz CT molecular complexity index is 509. The zero-order valence-corrected chi connectivity index (χ0v) is 12.8. The quantitative estimate of drug-likeness (QED) is 0.891. The van der Waals surface area contributed by atoms with Crippen LogP contribution < -0.4 is 5.73 Å². The summed E-state index contributed by atoms with van der Waals surface area (Å²) in [5.41, 5.74) is 6.64. The number of thiophene rings is 1. The van der Waals surface area contributed by atoms with E-state index in [1.54, 1.807) is 0 Å². The first-order valence-electron chi connectivity index (χ1n) is 7.51. The summed E-state index contributed by atoms with van der Waals surface area (Å²) in [6.07, 6.45) is 2.67. The molecule has 1 aromatic rings. The highest BCUT2D eigenvalue weighted by atomic mass is 32.1. The van der Waals surface area contributed by atoms with Gasteiger partial charge in [-0.05, 0) is 30.7 Å². The Labute approximate surface area is 128 Å². The third-order valence-electron chi connectivity index (χ3n) is 4.47. The first kappa shape index (κ1) is 14.5. The SMILES string of the molecule is NC1CCC(C(=O)N2CCN(C(=O)c3ccsc3)CC2)C1. The second kappa shape index (κ2) is 6.15. The van der Waals surface area contributed by atoms with Crippen molar-refractivity contribution in [2.75, 3.05) is 26.2 Å². The van der Waals surface area contributed by atoms with E-state index in [1.165, 1.54) is 11.3 Å². The van der Waals surface area contributed by atoms with Crippen LogP contribution in [0.15, 0.2) is 16.8 Å². The van der Waals surface area contributed by atoms with Crippen LogP contribution in [0.25, 0.3) is 0 Å². The molecule has 114 valence electrons. The van der Waals surface area contributed by atoms with Gasteiger partial charge in [0.1, 0.15) is 0 Å². The summed E-state index contributed by atoms with van der Waals surface area (Å²) in [7, 11) is 0. The minimum absolute atomic E-state index is 0.0752. The van der Waals surface area contributed by atoms with Crippen molar-refractivity contribution < 1.29 is 9.59 Å². The number of hydrogen-bond acceptors (Lipinski definition) is 4. The number of nitrogens with zero attached hydrogens (tertiary/aromatic N) is 2. The van der Waals surface area contributed by atoms with Crippen LogP contribution in [0.1, 0.15) is 29.6 Å². The molecule has 3 rings (SSSR count). The Morgan fingerprint density at radius 1 is 1.14 bits per heavy atom. The third kappa shape index (κ3) is 3.11. The van der Waals surface area contributed by atoms with Crippen molar-refractivity contribution in [3.05, 3.63) is 22.4 Å². The molecule has 1 saturated heterocycles. The summed E-state index contributed by atoms with van der Waals surface area (Å²) in [5.74, 6) is 0.399. The van der Waals surface area contributed by atoms with Crippen molar-refractivity contribution in [3.8, 4) is 0 Å². The molecule has 2 heterocycles. The fourth-order valence-electron chi connectivity index (χ4n) is 3.20. The lowest BCUT2D eigenvalue weighted by molar-refractivity contribution is -0.136. The minimum atomic E-state index is 0.0752. The molecule has 2 unspecified atom stereocenters. The Hall–Kier alpha value is -1.40. The summed E-state index contributed by atoms with van der Waals surface area (Å²) in [4.78, 5) is 28.4. The summed E-state index contributed by atoms with van der Waals surface area (Å²) in [6, 6.07) is 2.03. The Balaban J connectivity index is 1.53. The van der Waals surface area contributed by atoms with Gasteiger partial charge in [-0.2, -0.15) is 11.3 Å². The molecular weight excluding hydrogens is 286 g/mol. The van der Waals surface area contributed by atoms with E-state index in [0.717, 1.165) is 24.8 Å². The topological polar surface area (TPSA) is 66.6 Å². The summed E-state index contributed by atoms with van der Waals surface area (Å²) in [6.45, 7) is 2.53. The molecule has 2 aliphatic rings. The van der Waals surface area contributed by atoms with Crippen molar-refractivity contribution in [1.82, 2.24) is 9.80 Å². The highest BCUT2D eigenvalue weighted by molar-refractivity contribution is 7.08. The molecule has 1 aromatic heterocycles. The lowest BCUT2D eigenvalue weighted by Crippen LogP contribution is -2.51. The lowest BCUT2D eigenvalue weighted by Gasteiger charge is -2.36. The summed E-state index contributed by atoms with van der Waals surface area (Å²) >= 11 is 1.53. The Kier molecular flexibility index (Phi) is 4.26. The lowest BCUT2D eigenvalue weighted by atomic mass is 10.1. The van der Waals surface area contributed by atoms with Gasteiger partial charge in [-0.15, -0.1) is 0 Å². The van der Waals surface area contributed by atoms with Gasteiger partial charge < -0.3 is 15.5 Å². The number of nitrogens with two attached hydrogens (primary N) is 1. The summed E-state index contributed by atoms with van der Waals surface area (Å²) in [5, 5.41) is 3.79. The van der Waals surface area contributed by atoms with Crippen LogP contribution in [0, 0.1) is 5.92 Å². The van der Waals surface area contributed by atoms with Crippen molar-refractivity contribution >= 4 is 23.2 Å². The average Bonchev–Trinajstić information content (AvgIpc) is 3.17. The second-order valence-electron chi connectivity index (χ2n) is 5.90. The monoisotopic (exact) mass is 307 g/mol. The molecule has 21 heavy (non-hydrogen) atoms. The number of carbonyl (C=O) groups is 2.